The lowest BCUT2D eigenvalue weighted by Crippen LogP contribution is -2.44. The van der Waals surface area contributed by atoms with Crippen LogP contribution >= 0.6 is 0 Å². The standard InChI is InChI=1S/C17H21N5O3/c1-21-14(6-7-18-21)17(24)19-13-9-25-10-15(13)22-16(23)8-11-4-2-3-5-12(11)20-22/h6-8,13,15H,2-5,9-10H2,1H3,(H,19,24). The number of hydrogen-bond donors (Lipinski definition) is 1. The highest BCUT2D eigenvalue weighted by molar-refractivity contribution is 5.92. The van der Waals surface area contributed by atoms with Crippen LogP contribution < -0.4 is 10.9 Å². The van der Waals surface area contributed by atoms with Gasteiger partial charge in [0.15, 0.2) is 0 Å². The van der Waals surface area contributed by atoms with Gasteiger partial charge in [0.2, 0.25) is 0 Å². The number of amides is 1. The van der Waals surface area contributed by atoms with Crippen LogP contribution in [0, 0.1) is 0 Å². The van der Waals surface area contributed by atoms with Gasteiger partial charge in [-0.25, -0.2) is 4.68 Å². The predicted octanol–water partition coefficient (Wildman–Crippen LogP) is 0.226. The van der Waals surface area contributed by atoms with E-state index in [9.17, 15) is 9.59 Å². The third kappa shape index (κ3) is 2.97. The van der Waals surface area contributed by atoms with E-state index in [1.165, 1.54) is 9.36 Å². The average Bonchev–Trinajstić information content (AvgIpc) is 3.23. The molecule has 0 radical (unpaired) electrons. The van der Waals surface area contributed by atoms with Gasteiger partial charge in [-0.3, -0.25) is 14.3 Å². The average molecular weight is 343 g/mol. The predicted molar refractivity (Wildman–Crippen MR) is 89.5 cm³/mol. The molecule has 2 aromatic rings. The largest absolute Gasteiger partial charge is 0.377 e. The Hall–Kier alpha value is -2.48. The Kier molecular flexibility index (Phi) is 4.12. The zero-order valence-electron chi connectivity index (χ0n) is 14.1. The summed E-state index contributed by atoms with van der Waals surface area (Å²) in [5, 5.41) is 11.6. The number of aromatic nitrogens is 4. The van der Waals surface area contributed by atoms with Gasteiger partial charge in [0, 0.05) is 19.3 Å². The molecule has 2 aromatic heterocycles. The second-order valence-corrected chi connectivity index (χ2v) is 6.63. The van der Waals surface area contributed by atoms with E-state index in [1.807, 2.05) is 0 Å². The Morgan fingerprint density at radius 2 is 2.16 bits per heavy atom. The van der Waals surface area contributed by atoms with Gasteiger partial charge >= 0.3 is 0 Å². The Bertz CT molecular complexity index is 856. The van der Waals surface area contributed by atoms with Crippen LogP contribution in [0.3, 0.4) is 0 Å². The van der Waals surface area contributed by atoms with E-state index in [0.717, 1.165) is 36.9 Å². The van der Waals surface area contributed by atoms with E-state index >= 15 is 0 Å². The lowest BCUT2D eigenvalue weighted by Gasteiger charge is -2.22. The molecule has 0 aromatic carbocycles. The highest BCUT2D eigenvalue weighted by Gasteiger charge is 2.33. The van der Waals surface area contributed by atoms with Crippen molar-refractivity contribution in [2.75, 3.05) is 13.2 Å². The summed E-state index contributed by atoms with van der Waals surface area (Å²) in [6, 6.07) is 2.76. The van der Waals surface area contributed by atoms with Crippen molar-refractivity contribution in [3.63, 3.8) is 0 Å². The summed E-state index contributed by atoms with van der Waals surface area (Å²) in [6.07, 6.45) is 5.59. The maximum atomic E-state index is 12.5. The fraction of sp³-hybridized carbons (Fsp3) is 0.529. The van der Waals surface area contributed by atoms with Gasteiger partial charge in [-0.15, -0.1) is 0 Å². The third-order valence-corrected chi connectivity index (χ3v) is 4.97. The van der Waals surface area contributed by atoms with E-state index < -0.39 is 0 Å². The minimum absolute atomic E-state index is 0.129. The van der Waals surface area contributed by atoms with Crippen LogP contribution in [0.5, 0.6) is 0 Å². The minimum atomic E-state index is -0.297. The first-order valence-electron chi connectivity index (χ1n) is 8.62. The summed E-state index contributed by atoms with van der Waals surface area (Å²) in [6.45, 7) is 0.724. The van der Waals surface area contributed by atoms with E-state index in [1.54, 1.807) is 25.4 Å². The maximum Gasteiger partial charge on any atom is 0.269 e. The Labute approximate surface area is 144 Å². The van der Waals surface area contributed by atoms with Crippen LogP contribution in [0.15, 0.2) is 23.1 Å². The molecule has 2 atom stereocenters. The topological polar surface area (TPSA) is 91.0 Å². The zero-order chi connectivity index (χ0) is 17.4. The molecule has 25 heavy (non-hydrogen) atoms. The molecule has 0 spiro atoms. The van der Waals surface area contributed by atoms with Crippen molar-refractivity contribution in [3.05, 3.63) is 45.6 Å². The summed E-state index contributed by atoms with van der Waals surface area (Å²) >= 11 is 0. The van der Waals surface area contributed by atoms with Gasteiger partial charge in [0.25, 0.3) is 11.5 Å². The number of carbonyl (C=O) groups is 1. The summed E-state index contributed by atoms with van der Waals surface area (Å²) in [5.41, 5.74) is 2.39. The second-order valence-electron chi connectivity index (χ2n) is 6.63. The SMILES string of the molecule is Cn1nccc1C(=O)NC1COCC1n1nc2c(cc1=O)CCCC2. The monoisotopic (exact) mass is 343 g/mol. The van der Waals surface area contributed by atoms with Gasteiger partial charge in [-0.1, -0.05) is 0 Å². The van der Waals surface area contributed by atoms with E-state index in [0.29, 0.717) is 18.9 Å². The molecule has 8 heteroatoms. The van der Waals surface area contributed by atoms with Gasteiger partial charge < -0.3 is 10.1 Å². The highest BCUT2D eigenvalue weighted by Crippen LogP contribution is 2.21. The molecule has 0 saturated carbocycles. The molecule has 4 rings (SSSR count). The van der Waals surface area contributed by atoms with Gasteiger partial charge in [-0.2, -0.15) is 10.2 Å². The molecule has 3 heterocycles. The number of ether oxygens (including phenoxy) is 1. The number of fused-ring (bicyclic) bond motifs is 1. The van der Waals surface area contributed by atoms with Crippen LogP contribution in [-0.2, 0) is 24.6 Å². The van der Waals surface area contributed by atoms with Crippen molar-refractivity contribution in [1.29, 1.82) is 0 Å². The third-order valence-electron chi connectivity index (χ3n) is 4.97. The maximum absolute atomic E-state index is 12.5. The Balaban J connectivity index is 1.58. The van der Waals surface area contributed by atoms with Gasteiger partial charge in [-0.05, 0) is 37.3 Å². The minimum Gasteiger partial charge on any atom is -0.377 e. The fourth-order valence-corrected chi connectivity index (χ4v) is 3.58. The number of rotatable bonds is 3. The lowest BCUT2D eigenvalue weighted by atomic mass is 9.97. The first-order chi connectivity index (χ1) is 12.1. The lowest BCUT2D eigenvalue weighted by molar-refractivity contribution is 0.0915. The van der Waals surface area contributed by atoms with Crippen LogP contribution in [-0.4, -0.2) is 44.7 Å². The van der Waals surface area contributed by atoms with Crippen molar-refractivity contribution in [2.24, 2.45) is 7.05 Å². The summed E-state index contributed by atoms with van der Waals surface area (Å²) in [5.74, 6) is -0.230. The molecule has 132 valence electrons. The summed E-state index contributed by atoms with van der Waals surface area (Å²) in [7, 11) is 1.72. The summed E-state index contributed by atoms with van der Waals surface area (Å²) < 4.78 is 8.54. The Morgan fingerprint density at radius 3 is 2.96 bits per heavy atom. The van der Waals surface area contributed by atoms with Crippen molar-refractivity contribution >= 4 is 5.91 Å². The summed E-state index contributed by atoms with van der Waals surface area (Å²) in [4.78, 5) is 25.0. The Morgan fingerprint density at radius 1 is 1.32 bits per heavy atom. The number of nitrogens with one attached hydrogen (secondary N) is 1. The molecule has 8 nitrogen and oxygen atoms in total. The van der Waals surface area contributed by atoms with Crippen molar-refractivity contribution < 1.29 is 9.53 Å². The molecule has 2 aliphatic rings. The van der Waals surface area contributed by atoms with Crippen LogP contribution in [0.1, 0.15) is 40.6 Å². The number of aryl methyl sites for hydroxylation is 3. The molecular weight excluding hydrogens is 322 g/mol. The highest BCUT2D eigenvalue weighted by atomic mass is 16.5. The quantitative estimate of drug-likeness (QED) is 0.861. The normalized spacial score (nSPS) is 22.6. The molecule has 1 saturated heterocycles. The number of carbonyl (C=O) groups excluding carboxylic acids is 1. The van der Waals surface area contributed by atoms with Crippen LogP contribution in [0.25, 0.3) is 0 Å². The van der Waals surface area contributed by atoms with Crippen molar-refractivity contribution in [1.82, 2.24) is 24.9 Å². The van der Waals surface area contributed by atoms with Crippen LogP contribution in [0.2, 0.25) is 0 Å². The van der Waals surface area contributed by atoms with E-state index in [2.05, 4.69) is 15.5 Å². The first kappa shape index (κ1) is 16.0. The van der Waals surface area contributed by atoms with E-state index in [4.69, 9.17) is 4.74 Å². The van der Waals surface area contributed by atoms with Gasteiger partial charge in [0.1, 0.15) is 11.7 Å². The van der Waals surface area contributed by atoms with Crippen molar-refractivity contribution in [3.8, 4) is 0 Å². The second kappa shape index (κ2) is 6.44. The first-order valence-corrected chi connectivity index (χ1v) is 8.62. The zero-order valence-corrected chi connectivity index (χ0v) is 14.1. The fourth-order valence-electron chi connectivity index (χ4n) is 3.58. The van der Waals surface area contributed by atoms with Gasteiger partial charge in [0.05, 0.1) is 24.9 Å². The van der Waals surface area contributed by atoms with Crippen molar-refractivity contribution in [2.45, 2.75) is 37.8 Å². The number of hydrogen-bond acceptors (Lipinski definition) is 5. The molecule has 0 bridgehead atoms. The van der Waals surface area contributed by atoms with E-state index in [-0.39, 0.29) is 23.6 Å². The number of nitrogens with zero attached hydrogens (tertiary/aromatic N) is 4. The smallest absolute Gasteiger partial charge is 0.269 e. The molecule has 1 amide bonds. The molecule has 1 aliphatic heterocycles. The molecule has 1 aliphatic carbocycles. The molecule has 1 fully saturated rings. The molecular formula is C17H21N5O3. The van der Waals surface area contributed by atoms with Crippen LogP contribution in [0.4, 0.5) is 0 Å². The molecule has 1 N–H and O–H groups in total. The molecule has 2 unspecified atom stereocenters.